The van der Waals surface area contributed by atoms with Crippen LogP contribution in [0, 0.1) is 47.6 Å². The molecule has 15 aromatic rings. The fraction of sp³-hybridized carbons (Fsp3) is 0.361. The Morgan fingerprint density at radius 3 is 1.16 bits per heavy atom. The minimum Gasteiger partial charge on any atom is -0.288 e. The summed E-state index contributed by atoms with van der Waals surface area (Å²) in [6, 6.07) is 62.9. The second-order valence-electron chi connectivity index (χ2n) is 37.7. The van der Waals surface area contributed by atoms with Gasteiger partial charge in [-0.25, -0.2) is 20.2 Å². The average molecular weight is 1990 g/mol. The third kappa shape index (κ3) is 17.5. The van der Waals surface area contributed by atoms with Crippen molar-refractivity contribution in [1.82, 2.24) is 0 Å². The van der Waals surface area contributed by atoms with Gasteiger partial charge in [-0.05, 0) is 221 Å². The van der Waals surface area contributed by atoms with Gasteiger partial charge in [0.25, 0.3) is 11.4 Å². The van der Waals surface area contributed by atoms with Crippen LogP contribution < -0.4 is 0 Å². The first kappa shape index (κ1) is 95.7. The second kappa shape index (κ2) is 42.4. The average Bonchev–Trinajstić information content (AvgIpc) is 1.48. The van der Waals surface area contributed by atoms with E-state index in [-0.39, 0.29) is 23.0 Å². The van der Waals surface area contributed by atoms with E-state index in [9.17, 15) is 10.5 Å². The Kier molecular flexibility index (Phi) is 29.8. The van der Waals surface area contributed by atoms with E-state index in [0.717, 1.165) is 121 Å². The van der Waals surface area contributed by atoms with Crippen LogP contribution in [0.5, 0.6) is 0 Å². The number of thioether (sulfide) groups is 1. The van der Waals surface area contributed by atoms with Gasteiger partial charge in [0.05, 0.1) is 79.0 Å². The van der Waals surface area contributed by atoms with Crippen LogP contribution in [-0.4, -0.2) is 17.3 Å². The van der Waals surface area contributed by atoms with Gasteiger partial charge in [0.2, 0.25) is 11.6 Å². The van der Waals surface area contributed by atoms with Crippen molar-refractivity contribution in [3.05, 3.63) is 304 Å². The van der Waals surface area contributed by atoms with Crippen LogP contribution in [0.2, 0.25) is 0 Å². The van der Waals surface area contributed by atoms with Crippen molar-refractivity contribution < 1.29 is 9.59 Å². The molecular weight excluding hydrogens is 1870 g/mol. The molecule has 4 aliphatic rings. The van der Waals surface area contributed by atoms with Crippen LogP contribution >= 0.6 is 125 Å². The standard InChI is InChI=1S/C119H116N4O2S11/c1-11-19-25-29-35-74-39-48-78(49-40-74)118(79-50-41-75(42-51-79)36-30-26-20-12-2)87-67-83(65-85-96(89(69-120)122-9)102-110-93(61-63-126-110)133-114(102)106(85)124)130-108(87)116-104(118)100-98(91-58-57-82(129-91)56-47-72(17-7)33-23-15-5)112-101(99(113(100)136-116)92-59-60-95(132-92)128-71-73(18-8)34-24-16-6)105-117(135-112)109-88(68-84(131-109)66-86-97(90(70-121)123-10)103-111-94(62-64-127-111)134-115(103)107(86)125)119(105,80-52-43-76(44-53-80)37-31-27-21-13-3)81-54-45-77(46-55-81)38-32-28-22-14-4/h39-46,48-55,57-68,72-73H,11-38,47,56,71H2,1-8H3/b85-65-,86-66-,96-89+,97-90-. The molecule has 0 saturated heterocycles. The van der Waals surface area contributed by atoms with Crippen molar-refractivity contribution in [1.29, 1.82) is 10.5 Å². The van der Waals surface area contributed by atoms with Gasteiger partial charge < -0.3 is 0 Å². The lowest BCUT2D eigenvalue weighted by atomic mass is 9.66. The molecule has 10 heterocycles. The minimum atomic E-state index is -0.964. The van der Waals surface area contributed by atoms with Crippen molar-refractivity contribution in [2.45, 2.75) is 263 Å². The SMILES string of the molecule is [C-]#[N+]/C(C#N)=C1/C(=C/c2cc3c(s2)-c2sc4c(-c5ccc(CCC(CC)CCCC)s5)c5c6c(sc5c(-c5ccc(SCC(CC)CCCC)s5)c4c2C3(c2ccc(CCCCCC)cc2)c2ccc(CCCCCC)cc2)-c2sc(/C=C3\C(=O)c4sc5ccsc5c4\C3=C(/C#N)[N+]#[C-])cc2C6(c2ccc(CCCCCC)cc2)c2ccc(CCCCCC)cc2)C(=O)c2sc3ccsc3c21. The van der Waals surface area contributed by atoms with E-state index in [2.05, 4.69) is 235 Å². The summed E-state index contributed by atoms with van der Waals surface area (Å²) in [4.78, 5) is 50.8. The van der Waals surface area contributed by atoms with Gasteiger partial charge >= 0.3 is 0 Å². The third-order valence-corrected chi connectivity index (χ3v) is 42.2. The summed E-state index contributed by atoms with van der Waals surface area (Å²) in [7, 11) is 0. The van der Waals surface area contributed by atoms with Crippen LogP contribution in [0.3, 0.4) is 0 Å². The fourth-order valence-electron chi connectivity index (χ4n) is 21.9. The number of carbonyl (C=O) groups excluding carboxylic acids is 2. The second-order valence-corrected chi connectivity index (χ2v) is 49.4. The van der Waals surface area contributed by atoms with E-state index in [1.165, 1.54) is 265 Å². The number of ketones is 2. The summed E-state index contributed by atoms with van der Waals surface area (Å²) in [6.07, 6.45) is 38.3. The van der Waals surface area contributed by atoms with Crippen LogP contribution in [0.15, 0.2) is 183 Å². The number of fused-ring (bicyclic) bond motifs is 16. The molecule has 17 heteroatoms. The Labute approximate surface area is 848 Å². The molecule has 0 amide bonds. The highest BCUT2D eigenvalue weighted by molar-refractivity contribution is 8.01. The number of nitrogens with zero attached hydrogens (tertiary/aromatic N) is 4. The number of hydrogen-bond donors (Lipinski definition) is 0. The van der Waals surface area contributed by atoms with E-state index in [0.29, 0.717) is 55.0 Å². The summed E-state index contributed by atoms with van der Waals surface area (Å²) in [5, 5.41) is 28.7. The third-order valence-electron chi connectivity index (χ3n) is 29.2. The number of unbranched alkanes of at least 4 members (excludes halogenated alkanes) is 14. The molecular formula is C119H116N4O2S11. The van der Waals surface area contributed by atoms with E-state index in [1.54, 1.807) is 45.3 Å². The Hall–Kier alpha value is -9.25. The van der Waals surface area contributed by atoms with Gasteiger partial charge in [-0.15, -0.1) is 125 Å². The topological polar surface area (TPSA) is 90.4 Å². The molecule has 136 heavy (non-hydrogen) atoms. The van der Waals surface area contributed by atoms with Gasteiger partial charge in [0, 0.05) is 104 Å². The molecule has 0 aliphatic heterocycles. The Bertz CT molecular complexity index is 6750. The van der Waals surface area contributed by atoms with Crippen molar-refractivity contribution in [2.75, 3.05) is 5.75 Å². The number of rotatable bonds is 42. The van der Waals surface area contributed by atoms with Gasteiger partial charge in [-0.1, -0.05) is 274 Å². The number of allylic oxidation sites excluding steroid dienone is 6. The highest BCUT2D eigenvalue weighted by atomic mass is 32.2. The van der Waals surface area contributed by atoms with Crippen LogP contribution in [0.1, 0.15) is 328 Å². The summed E-state index contributed by atoms with van der Waals surface area (Å²) in [5.74, 6) is 1.96. The lowest BCUT2D eigenvalue weighted by Crippen LogP contribution is -2.29. The maximum atomic E-state index is 15.7. The Balaban J connectivity index is 0.968. The van der Waals surface area contributed by atoms with Crippen LogP contribution in [0.25, 0.3) is 112 Å². The Morgan fingerprint density at radius 2 is 0.779 bits per heavy atom. The number of benzene rings is 5. The molecule has 5 aromatic carbocycles. The molecule has 2 unspecified atom stereocenters. The number of Topliss-reactive ketones (excluding diaryl/α,β-unsaturated/α-hetero) is 2. The van der Waals surface area contributed by atoms with Crippen LogP contribution in [-0.2, 0) is 42.9 Å². The van der Waals surface area contributed by atoms with Crippen molar-refractivity contribution in [3.63, 3.8) is 0 Å². The van der Waals surface area contributed by atoms with Crippen molar-refractivity contribution in [3.8, 4) is 52.5 Å². The molecule has 0 spiro atoms. The highest BCUT2D eigenvalue weighted by Gasteiger charge is 2.55. The van der Waals surface area contributed by atoms with Gasteiger partial charge in [-0.3, -0.25) is 9.59 Å². The van der Waals surface area contributed by atoms with E-state index < -0.39 is 10.8 Å². The number of carbonyl (C=O) groups is 2. The summed E-state index contributed by atoms with van der Waals surface area (Å²) in [6.45, 7) is 35.8. The molecule has 2 atom stereocenters. The zero-order valence-electron chi connectivity index (χ0n) is 79.3. The normalized spacial score (nSPS) is 15.7. The predicted molar refractivity (Wildman–Crippen MR) is 594 cm³/mol. The van der Waals surface area contributed by atoms with Crippen LogP contribution in [0.4, 0.5) is 0 Å². The molecule has 0 bridgehead atoms. The maximum Gasteiger partial charge on any atom is 0.270 e. The lowest BCUT2D eigenvalue weighted by molar-refractivity contribution is 0.103. The zero-order chi connectivity index (χ0) is 93.9. The Morgan fingerprint density at radius 1 is 0.390 bits per heavy atom. The molecule has 0 fully saturated rings. The molecule has 0 radical (unpaired) electrons. The van der Waals surface area contributed by atoms with Gasteiger partial charge in [-0.2, -0.15) is 0 Å². The van der Waals surface area contributed by atoms with E-state index in [1.807, 2.05) is 67.9 Å². The number of aryl methyl sites for hydroxylation is 5. The molecule has 0 N–H and O–H groups in total. The molecule has 0 saturated carbocycles. The first-order chi connectivity index (χ1) is 66.7. The maximum absolute atomic E-state index is 15.7. The smallest absolute Gasteiger partial charge is 0.270 e. The number of hydrogen-bond acceptors (Lipinski definition) is 15. The van der Waals surface area contributed by atoms with Gasteiger partial charge in [0.1, 0.15) is 0 Å². The predicted octanol–water partition coefficient (Wildman–Crippen LogP) is 38.8. The zero-order valence-corrected chi connectivity index (χ0v) is 88.3. The highest BCUT2D eigenvalue weighted by Crippen LogP contribution is 2.71. The first-order valence-electron chi connectivity index (χ1n) is 49.9. The molecule has 690 valence electrons. The quantitative estimate of drug-likeness (QED) is 0.0125. The number of thiophene rings is 10. The lowest BCUT2D eigenvalue weighted by Gasteiger charge is -2.35. The van der Waals surface area contributed by atoms with Crippen molar-refractivity contribution in [2.24, 2.45) is 11.8 Å². The largest absolute Gasteiger partial charge is 0.288 e. The molecule has 10 aromatic heterocycles. The minimum absolute atomic E-state index is 0.0682. The van der Waals surface area contributed by atoms with E-state index >= 15 is 9.59 Å². The molecule has 6 nitrogen and oxygen atoms in total. The molecule has 4 aliphatic carbocycles. The van der Waals surface area contributed by atoms with E-state index in [4.69, 9.17) is 13.1 Å². The summed E-state index contributed by atoms with van der Waals surface area (Å²) < 4.78 is 7.68. The fourth-order valence-corrected chi connectivity index (χ4v) is 35.8. The van der Waals surface area contributed by atoms with Crippen molar-refractivity contribution >= 4 is 199 Å². The monoisotopic (exact) mass is 1980 g/mol. The summed E-state index contributed by atoms with van der Waals surface area (Å²) >= 11 is 19.5. The number of nitriles is 2. The van der Waals surface area contributed by atoms with Gasteiger partial charge in [0.15, 0.2) is 0 Å². The first-order valence-corrected chi connectivity index (χ1v) is 59.2. The summed E-state index contributed by atoms with van der Waals surface area (Å²) in [5.41, 5.74) is 18.5. The molecule has 19 rings (SSSR count).